The average Bonchev–Trinajstić information content (AvgIpc) is 3.23. The summed E-state index contributed by atoms with van der Waals surface area (Å²) in [5.74, 6) is -0.0354. The number of halogens is 1. The van der Waals surface area contributed by atoms with E-state index in [0.717, 1.165) is 59.4 Å². The highest BCUT2D eigenvalue weighted by molar-refractivity contribution is 7.22. The monoisotopic (exact) mass is 465 g/mol. The molecule has 0 N–H and O–H groups in total. The van der Waals surface area contributed by atoms with Crippen LogP contribution in [0.5, 0.6) is 0 Å². The van der Waals surface area contributed by atoms with E-state index in [2.05, 4.69) is 11.0 Å². The fourth-order valence-electron chi connectivity index (χ4n) is 4.09. The molecule has 0 aliphatic carbocycles. The second-order valence-electron chi connectivity index (χ2n) is 8.04. The first-order valence-corrected chi connectivity index (χ1v) is 12.0. The molecule has 1 amide bonds. The molecule has 3 aromatic carbocycles. The number of rotatable bonds is 5. The summed E-state index contributed by atoms with van der Waals surface area (Å²) in [4.78, 5) is 22.7. The normalized spacial score (nSPS) is 14.8. The summed E-state index contributed by atoms with van der Waals surface area (Å²) in [6, 6.07) is 17.8. The number of hydrogen-bond donors (Lipinski definition) is 0. The van der Waals surface area contributed by atoms with Crippen molar-refractivity contribution >= 4 is 55.0 Å². The van der Waals surface area contributed by atoms with Gasteiger partial charge in [0.2, 0.25) is 0 Å². The number of carbonyl (C=O) groups is 1. The van der Waals surface area contributed by atoms with Gasteiger partial charge in [0.1, 0.15) is 0 Å². The van der Waals surface area contributed by atoms with Crippen molar-refractivity contribution in [1.29, 1.82) is 0 Å². The van der Waals surface area contributed by atoms with Crippen molar-refractivity contribution in [2.24, 2.45) is 0 Å². The van der Waals surface area contributed by atoms with E-state index >= 15 is 0 Å². The molecule has 4 aromatic rings. The SMILES string of the molecule is Cc1cc(Cl)cc2sc(N(CCN3CCOCC3)C(=O)c3ccc4ccccc4c3)nc12. The van der Waals surface area contributed by atoms with Gasteiger partial charge in [0.25, 0.3) is 5.91 Å². The Morgan fingerprint density at radius 2 is 1.91 bits per heavy atom. The second-order valence-corrected chi connectivity index (χ2v) is 9.48. The molecule has 2 heterocycles. The number of fused-ring (bicyclic) bond motifs is 2. The van der Waals surface area contributed by atoms with Gasteiger partial charge in [-0.15, -0.1) is 0 Å². The predicted octanol–water partition coefficient (Wildman–Crippen LogP) is 5.39. The lowest BCUT2D eigenvalue weighted by atomic mass is 10.1. The minimum atomic E-state index is -0.0354. The number of anilines is 1. The molecule has 1 fully saturated rings. The molecule has 1 aliphatic rings. The lowest BCUT2D eigenvalue weighted by molar-refractivity contribution is 0.0391. The third-order valence-electron chi connectivity index (χ3n) is 5.85. The average molecular weight is 466 g/mol. The van der Waals surface area contributed by atoms with Crippen LogP contribution in [-0.2, 0) is 4.74 Å². The van der Waals surface area contributed by atoms with Crippen LogP contribution < -0.4 is 4.90 Å². The zero-order chi connectivity index (χ0) is 22.1. The van der Waals surface area contributed by atoms with Crippen LogP contribution in [0.1, 0.15) is 15.9 Å². The van der Waals surface area contributed by atoms with Crippen LogP contribution in [0.15, 0.2) is 54.6 Å². The highest BCUT2D eigenvalue weighted by Gasteiger charge is 2.23. The van der Waals surface area contributed by atoms with Gasteiger partial charge in [-0.3, -0.25) is 14.6 Å². The fraction of sp³-hybridized carbons (Fsp3) is 0.280. The van der Waals surface area contributed by atoms with Crippen LogP contribution in [-0.4, -0.2) is 55.2 Å². The lowest BCUT2D eigenvalue weighted by Gasteiger charge is -2.29. The molecular weight excluding hydrogens is 442 g/mol. The Labute approximate surface area is 196 Å². The first-order chi connectivity index (χ1) is 15.6. The summed E-state index contributed by atoms with van der Waals surface area (Å²) < 4.78 is 6.46. The molecule has 0 unspecified atom stereocenters. The molecule has 0 radical (unpaired) electrons. The molecule has 32 heavy (non-hydrogen) atoms. The highest BCUT2D eigenvalue weighted by atomic mass is 35.5. The van der Waals surface area contributed by atoms with Crippen molar-refractivity contribution in [3.05, 3.63) is 70.7 Å². The Bertz CT molecular complexity index is 1280. The highest BCUT2D eigenvalue weighted by Crippen LogP contribution is 2.34. The van der Waals surface area contributed by atoms with Gasteiger partial charge >= 0.3 is 0 Å². The molecule has 164 valence electrons. The topological polar surface area (TPSA) is 45.7 Å². The van der Waals surface area contributed by atoms with Gasteiger partial charge in [0, 0.05) is 36.8 Å². The third kappa shape index (κ3) is 4.36. The van der Waals surface area contributed by atoms with E-state index in [0.29, 0.717) is 22.3 Å². The van der Waals surface area contributed by atoms with Crippen LogP contribution in [0.4, 0.5) is 5.13 Å². The summed E-state index contributed by atoms with van der Waals surface area (Å²) in [5, 5.41) is 3.57. The summed E-state index contributed by atoms with van der Waals surface area (Å²) in [5.41, 5.74) is 2.58. The molecule has 5 nitrogen and oxygen atoms in total. The minimum absolute atomic E-state index is 0.0354. The van der Waals surface area contributed by atoms with Crippen molar-refractivity contribution in [1.82, 2.24) is 9.88 Å². The molecule has 5 rings (SSSR count). The van der Waals surface area contributed by atoms with Gasteiger partial charge in [-0.25, -0.2) is 4.98 Å². The Morgan fingerprint density at radius 3 is 2.72 bits per heavy atom. The first kappa shape index (κ1) is 21.3. The van der Waals surface area contributed by atoms with Crippen molar-refractivity contribution in [2.75, 3.05) is 44.3 Å². The Kier molecular flexibility index (Phi) is 6.11. The molecule has 0 bridgehead atoms. The minimum Gasteiger partial charge on any atom is -0.379 e. The summed E-state index contributed by atoms with van der Waals surface area (Å²) >= 11 is 7.78. The number of nitrogens with zero attached hydrogens (tertiary/aromatic N) is 3. The molecular formula is C25H24ClN3O2S. The number of amides is 1. The molecule has 1 aromatic heterocycles. The number of morpholine rings is 1. The van der Waals surface area contributed by atoms with E-state index in [1.165, 1.54) is 11.3 Å². The molecule has 7 heteroatoms. The van der Waals surface area contributed by atoms with Crippen LogP contribution in [0.25, 0.3) is 21.0 Å². The van der Waals surface area contributed by atoms with Crippen molar-refractivity contribution in [3.63, 3.8) is 0 Å². The number of carbonyl (C=O) groups excluding carboxylic acids is 1. The lowest BCUT2D eigenvalue weighted by Crippen LogP contribution is -2.43. The van der Waals surface area contributed by atoms with Gasteiger partial charge in [-0.05, 0) is 47.5 Å². The summed E-state index contributed by atoms with van der Waals surface area (Å²) in [7, 11) is 0. The first-order valence-electron chi connectivity index (χ1n) is 10.8. The molecule has 1 aliphatic heterocycles. The largest absolute Gasteiger partial charge is 0.379 e. The number of thiazole rings is 1. The predicted molar refractivity (Wildman–Crippen MR) is 132 cm³/mol. The molecule has 0 saturated carbocycles. The van der Waals surface area contributed by atoms with E-state index < -0.39 is 0 Å². The van der Waals surface area contributed by atoms with Gasteiger partial charge in [0.05, 0.1) is 23.4 Å². The fourth-order valence-corrected chi connectivity index (χ4v) is 5.53. The summed E-state index contributed by atoms with van der Waals surface area (Å²) in [6.45, 7) is 6.57. The quantitative estimate of drug-likeness (QED) is 0.396. The van der Waals surface area contributed by atoms with Crippen LogP contribution in [0, 0.1) is 6.92 Å². The zero-order valence-electron chi connectivity index (χ0n) is 17.9. The van der Waals surface area contributed by atoms with Crippen molar-refractivity contribution in [2.45, 2.75) is 6.92 Å². The zero-order valence-corrected chi connectivity index (χ0v) is 19.5. The molecule has 1 saturated heterocycles. The number of hydrogen-bond acceptors (Lipinski definition) is 5. The van der Waals surface area contributed by atoms with Crippen LogP contribution >= 0.6 is 22.9 Å². The number of aryl methyl sites for hydroxylation is 1. The maximum absolute atomic E-state index is 13.7. The second kappa shape index (κ2) is 9.16. The Balaban J connectivity index is 1.50. The van der Waals surface area contributed by atoms with Crippen LogP contribution in [0.2, 0.25) is 5.02 Å². The van der Waals surface area contributed by atoms with Crippen LogP contribution in [0.3, 0.4) is 0 Å². The van der Waals surface area contributed by atoms with E-state index in [-0.39, 0.29) is 5.91 Å². The standard InChI is InChI=1S/C25H24ClN3O2S/c1-17-14-21(26)16-22-23(17)27-25(32-22)29(9-8-28-10-12-31-13-11-28)24(30)20-7-6-18-4-2-3-5-19(18)15-20/h2-7,14-16H,8-13H2,1H3. The Hall–Kier alpha value is -2.51. The van der Waals surface area contributed by atoms with Crippen molar-refractivity contribution in [3.8, 4) is 0 Å². The maximum Gasteiger partial charge on any atom is 0.260 e. The van der Waals surface area contributed by atoms with Crippen molar-refractivity contribution < 1.29 is 9.53 Å². The van der Waals surface area contributed by atoms with E-state index in [1.54, 1.807) is 0 Å². The van der Waals surface area contributed by atoms with Gasteiger partial charge in [-0.2, -0.15) is 0 Å². The number of aromatic nitrogens is 1. The smallest absolute Gasteiger partial charge is 0.260 e. The van der Waals surface area contributed by atoms with E-state index in [4.69, 9.17) is 21.3 Å². The van der Waals surface area contributed by atoms with Gasteiger partial charge in [-0.1, -0.05) is 53.3 Å². The molecule has 0 atom stereocenters. The number of ether oxygens (including phenoxy) is 1. The van der Waals surface area contributed by atoms with Gasteiger partial charge < -0.3 is 4.74 Å². The molecule has 0 spiro atoms. The van der Waals surface area contributed by atoms with E-state index in [1.807, 2.05) is 60.4 Å². The van der Waals surface area contributed by atoms with E-state index in [9.17, 15) is 4.79 Å². The maximum atomic E-state index is 13.7. The Morgan fingerprint density at radius 1 is 1.12 bits per heavy atom. The number of benzene rings is 3. The summed E-state index contributed by atoms with van der Waals surface area (Å²) in [6.07, 6.45) is 0. The van der Waals surface area contributed by atoms with Gasteiger partial charge in [0.15, 0.2) is 5.13 Å². The third-order valence-corrected chi connectivity index (χ3v) is 7.10.